The maximum Gasteiger partial charge on any atom is 0.261 e. The van der Waals surface area contributed by atoms with Gasteiger partial charge in [0.2, 0.25) is 0 Å². The molecular formula is C18H19N3O2S2. The average Bonchev–Trinajstić information content (AvgIpc) is 3.21. The van der Waals surface area contributed by atoms with Crippen molar-refractivity contribution in [3.63, 3.8) is 0 Å². The van der Waals surface area contributed by atoms with Gasteiger partial charge in [-0.3, -0.25) is 9.59 Å². The molecule has 1 amide bonds. The number of carbonyl (C=O) groups excluding carboxylic acids is 1. The van der Waals surface area contributed by atoms with Crippen LogP contribution in [-0.4, -0.2) is 15.9 Å². The third kappa shape index (κ3) is 4.05. The third-order valence-corrected chi connectivity index (χ3v) is 5.81. The van der Waals surface area contributed by atoms with Crippen LogP contribution in [0.15, 0.2) is 33.1 Å². The molecule has 0 aromatic carbocycles. The van der Waals surface area contributed by atoms with Crippen LogP contribution in [0.2, 0.25) is 0 Å². The smallest absolute Gasteiger partial charge is 0.261 e. The molecule has 0 saturated carbocycles. The molecule has 0 aliphatic heterocycles. The fourth-order valence-electron chi connectivity index (χ4n) is 2.51. The van der Waals surface area contributed by atoms with Gasteiger partial charge in [0.15, 0.2) is 0 Å². The van der Waals surface area contributed by atoms with E-state index in [1.165, 1.54) is 11.3 Å². The van der Waals surface area contributed by atoms with E-state index >= 15 is 0 Å². The number of pyridine rings is 1. The van der Waals surface area contributed by atoms with Crippen LogP contribution >= 0.6 is 22.7 Å². The van der Waals surface area contributed by atoms with Crippen molar-refractivity contribution in [3.05, 3.63) is 71.7 Å². The number of aromatic nitrogens is 2. The van der Waals surface area contributed by atoms with Crippen LogP contribution in [0.1, 0.15) is 43.9 Å². The summed E-state index contributed by atoms with van der Waals surface area (Å²) in [6.07, 6.45) is 0.644. The Balaban J connectivity index is 1.88. The zero-order chi connectivity index (χ0) is 18.0. The zero-order valence-electron chi connectivity index (χ0n) is 14.3. The van der Waals surface area contributed by atoms with Crippen LogP contribution in [0.3, 0.4) is 0 Å². The predicted molar refractivity (Wildman–Crippen MR) is 102 cm³/mol. The highest BCUT2D eigenvalue weighted by Crippen LogP contribution is 2.23. The summed E-state index contributed by atoms with van der Waals surface area (Å²) in [5.74, 6) is -0.377. The van der Waals surface area contributed by atoms with Gasteiger partial charge in [0.25, 0.3) is 11.5 Å². The number of nitrogens with zero attached hydrogens (tertiary/aromatic N) is 1. The quantitative estimate of drug-likeness (QED) is 0.718. The number of carbonyl (C=O) groups is 1. The molecule has 3 rings (SSSR count). The van der Waals surface area contributed by atoms with E-state index in [-0.39, 0.29) is 23.1 Å². The number of amides is 1. The lowest BCUT2D eigenvalue weighted by Crippen LogP contribution is -2.34. The maximum atomic E-state index is 12.7. The van der Waals surface area contributed by atoms with Crippen molar-refractivity contribution in [1.82, 2.24) is 15.3 Å². The Kier molecular flexibility index (Phi) is 5.15. The van der Waals surface area contributed by atoms with E-state index in [9.17, 15) is 9.59 Å². The standard InChI is InChI=1S/C18H19N3O2S2/c1-10-6-14(16(22)20-12(10)3)17(23)21-15(7-13-4-5-24-9-13)18-19-11(2)8-25-18/h4-6,8-9,15H,7H2,1-3H3,(H,20,22)(H,21,23)/t15-/m1/s1. The van der Waals surface area contributed by atoms with Gasteiger partial charge in [0, 0.05) is 23.2 Å². The van der Waals surface area contributed by atoms with E-state index in [4.69, 9.17) is 0 Å². The first-order valence-corrected chi connectivity index (χ1v) is 9.71. The monoisotopic (exact) mass is 373 g/mol. The lowest BCUT2D eigenvalue weighted by molar-refractivity contribution is 0.0934. The highest BCUT2D eigenvalue weighted by atomic mass is 32.1. The molecule has 7 heteroatoms. The van der Waals surface area contributed by atoms with E-state index in [2.05, 4.69) is 20.7 Å². The molecule has 130 valence electrons. The highest BCUT2D eigenvalue weighted by Gasteiger charge is 2.21. The number of nitrogens with one attached hydrogen (secondary N) is 2. The Bertz CT molecular complexity index is 942. The number of thiophene rings is 1. The molecule has 0 spiro atoms. The summed E-state index contributed by atoms with van der Waals surface area (Å²) in [5.41, 5.74) is 3.47. The second kappa shape index (κ2) is 7.33. The molecule has 1 atom stereocenters. The summed E-state index contributed by atoms with van der Waals surface area (Å²) < 4.78 is 0. The number of hydrogen-bond donors (Lipinski definition) is 2. The van der Waals surface area contributed by atoms with Gasteiger partial charge in [-0.15, -0.1) is 11.3 Å². The van der Waals surface area contributed by atoms with Crippen LogP contribution in [0.5, 0.6) is 0 Å². The van der Waals surface area contributed by atoms with Crippen molar-refractivity contribution in [3.8, 4) is 0 Å². The van der Waals surface area contributed by atoms with Gasteiger partial charge in [-0.2, -0.15) is 11.3 Å². The van der Waals surface area contributed by atoms with Crippen LogP contribution in [0.25, 0.3) is 0 Å². The SMILES string of the molecule is Cc1csc([C@@H](Cc2ccsc2)NC(=O)c2cc(C)c(C)[nH]c2=O)n1. The molecule has 0 bridgehead atoms. The van der Waals surface area contributed by atoms with Gasteiger partial charge >= 0.3 is 0 Å². The normalized spacial score (nSPS) is 12.1. The van der Waals surface area contributed by atoms with Gasteiger partial charge in [0.05, 0.1) is 6.04 Å². The van der Waals surface area contributed by atoms with Crippen molar-refractivity contribution in [1.29, 1.82) is 0 Å². The number of H-pyrrole nitrogens is 1. The fourth-order valence-corrected chi connectivity index (χ4v) is 4.04. The number of thiazole rings is 1. The van der Waals surface area contributed by atoms with Crippen LogP contribution in [-0.2, 0) is 6.42 Å². The summed E-state index contributed by atoms with van der Waals surface area (Å²) in [6, 6.07) is 3.41. The van der Waals surface area contributed by atoms with E-state index in [0.717, 1.165) is 27.5 Å². The molecule has 0 saturated heterocycles. The summed E-state index contributed by atoms with van der Waals surface area (Å²) in [7, 11) is 0. The Morgan fingerprint density at radius 1 is 1.32 bits per heavy atom. The lowest BCUT2D eigenvalue weighted by atomic mass is 10.1. The van der Waals surface area contributed by atoms with E-state index in [0.29, 0.717) is 6.42 Å². The summed E-state index contributed by atoms with van der Waals surface area (Å²) in [4.78, 5) is 32.1. The van der Waals surface area contributed by atoms with Crippen LogP contribution < -0.4 is 10.9 Å². The predicted octanol–water partition coefficient (Wildman–Crippen LogP) is 3.53. The largest absolute Gasteiger partial charge is 0.342 e. The Hall–Kier alpha value is -2.25. The third-order valence-electron chi connectivity index (χ3n) is 4.00. The number of rotatable bonds is 5. The average molecular weight is 374 g/mol. The van der Waals surface area contributed by atoms with Crippen LogP contribution in [0.4, 0.5) is 0 Å². The molecule has 3 aromatic rings. The van der Waals surface area contributed by atoms with Crippen molar-refractivity contribution in [2.45, 2.75) is 33.2 Å². The molecule has 0 aliphatic rings. The molecule has 3 aromatic heterocycles. The van der Waals surface area contributed by atoms with Gasteiger partial charge in [-0.1, -0.05) is 0 Å². The molecular weight excluding hydrogens is 354 g/mol. The molecule has 3 heterocycles. The lowest BCUT2D eigenvalue weighted by Gasteiger charge is -2.16. The topological polar surface area (TPSA) is 74.8 Å². The van der Waals surface area contributed by atoms with Gasteiger partial charge in [-0.05, 0) is 54.8 Å². The molecule has 0 fully saturated rings. The second-order valence-electron chi connectivity index (χ2n) is 6.01. The highest BCUT2D eigenvalue weighted by molar-refractivity contribution is 7.09. The number of aryl methyl sites for hydroxylation is 3. The molecule has 25 heavy (non-hydrogen) atoms. The minimum atomic E-state index is -0.377. The molecule has 0 aliphatic carbocycles. The van der Waals surface area contributed by atoms with Crippen molar-refractivity contribution in [2.75, 3.05) is 0 Å². The Labute approximate surface area is 153 Å². The first kappa shape index (κ1) is 17.6. The first-order chi connectivity index (χ1) is 11.9. The Morgan fingerprint density at radius 2 is 2.12 bits per heavy atom. The minimum absolute atomic E-state index is 0.131. The molecule has 5 nitrogen and oxygen atoms in total. The van der Waals surface area contributed by atoms with Gasteiger partial charge in [-0.25, -0.2) is 4.98 Å². The van der Waals surface area contributed by atoms with E-state index in [1.54, 1.807) is 17.4 Å². The molecule has 0 radical (unpaired) electrons. The molecule has 2 N–H and O–H groups in total. The fraction of sp³-hybridized carbons (Fsp3) is 0.278. The summed E-state index contributed by atoms with van der Waals surface area (Å²) >= 11 is 3.14. The number of aromatic amines is 1. The first-order valence-electron chi connectivity index (χ1n) is 7.88. The number of hydrogen-bond acceptors (Lipinski definition) is 5. The minimum Gasteiger partial charge on any atom is -0.342 e. The molecule has 0 unspecified atom stereocenters. The van der Waals surface area contributed by atoms with Gasteiger partial charge < -0.3 is 10.3 Å². The Morgan fingerprint density at radius 3 is 2.76 bits per heavy atom. The van der Waals surface area contributed by atoms with Crippen molar-refractivity contribution >= 4 is 28.6 Å². The van der Waals surface area contributed by atoms with Crippen LogP contribution in [0, 0.1) is 20.8 Å². The van der Waals surface area contributed by atoms with E-state index in [1.807, 2.05) is 37.6 Å². The van der Waals surface area contributed by atoms with Crippen molar-refractivity contribution < 1.29 is 4.79 Å². The second-order valence-corrected chi connectivity index (χ2v) is 7.68. The summed E-state index contributed by atoms with van der Waals surface area (Å²) in [6.45, 7) is 5.61. The summed E-state index contributed by atoms with van der Waals surface area (Å²) in [5, 5.41) is 9.86. The maximum absolute atomic E-state index is 12.7. The van der Waals surface area contributed by atoms with Gasteiger partial charge in [0.1, 0.15) is 10.6 Å². The van der Waals surface area contributed by atoms with E-state index < -0.39 is 0 Å². The van der Waals surface area contributed by atoms with Crippen molar-refractivity contribution in [2.24, 2.45) is 0 Å². The zero-order valence-corrected chi connectivity index (χ0v) is 15.9.